The molecule has 0 saturated heterocycles. The largest absolute Gasteiger partial charge is 0.496 e. The average Bonchev–Trinajstić information content (AvgIpc) is 2.67. The van der Waals surface area contributed by atoms with Crippen molar-refractivity contribution >= 4 is 11.9 Å². The van der Waals surface area contributed by atoms with Crippen LogP contribution in [0.3, 0.4) is 0 Å². The van der Waals surface area contributed by atoms with Gasteiger partial charge in [-0.2, -0.15) is 0 Å². The highest BCUT2D eigenvalue weighted by Crippen LogP contribution is 2.30. The first kappa shape index (κ1) is 19.3. The number of rotatable bonds is 7. The van der Waals surface area contributed by atoms with Crippen molar-refractivity contribution in [3.8, 4) is 23.0 Å². The van der Waals surface area contributed by atoms with Crippen molar-refractivity contribution in [1.82, 2.24) is 0 Å². The number of aliphatic hydroxyl groups excluding tert-OH is 1. The molecule has 138 valence electrons. The van der Waals surface area contributed by atoms with Crippen LogP contribution >= 0.6 is 0 Å². The van der Waals surface area contributed by atoms with Crippen LogP contribution in [0.4, 0.5) is 0 Å². The van der Waals surface area contributed by atoms with Gasteiger partial charge in [0, 0.05) is 12.0 Å². The Morgan fingerprint density at radius 2 is 1.50 bits per heavy atom. The van der Waals surface area contributed by atoms with Gasteiger partial charge in [0.15, 0.2) is 0 Å². The Bertz CT molecular complexity index is 781. The summed E-state index contributed by atoms with van der Waals surface area (Å²) in [6.07, 6.45) is 0.266. The molecule has 0 fully saturated rings. The van der Waals surface area contributed by atoms with Crippen LogP contribution in [0.15, 0.2) is 36.4 Å². The van der Waals surface area contributed by atoms with Gasteiger partial charge in [-0.3, -0.25) is 4.79 Å². The zero-order valence-corrected chi connectivity index (χ0v) is 14.8. The molecule has 0 heterocycles. The molecule has 7 nitrogen and oxygen atoms in total. The maximum absolute atomic E-state index is 12.5. The average molecular weight is 360 g/mol. The fourth-order valence-electron chi connectivity index (χ4n) is 2.19. The van der Waals surface area contributed by atoms with Crippen molar-refractivity contribution in [2.24, 2.45) is 0 Å². The Hall–Kier alpha value is -3.06. The van der Waals surface area contributed by atoms with Crippen molar-refractivity contribution in [3.63, 3.8) is 0 Å². The molecule has 0 unspecified atom stereocenters. The minimum absolute atomic E-state index is 0.156. The fourth-order valence-corrected chi connectivity index (χ4v) is 2.19. The second kappa shape index (κ2) is 8.87. The first-order chi connectivity index (χ1) is 12.5. The molecule has 0 radical (unpaired) electrons. The summed E-state index contributed by atoms with van der Waals surface area (Å²) in [5.74, 6) is 0.246. The molecule has 7 heteroatoms. The van der Waals surface area contributed by atoms with Gasteiger partial charge in [-0.15, -0.1) is 0 Å². The lowest BCUT2D eigenvalue weighted by Gasteiger charge is -2.13. The number of carbonyl (C=O) groups is 2. The van der Waals surface area contributed by atoms with Gasteiger partial charge in [0.2, 0.25) is 0 Å². The van der Waals surface area contributed by atoms with Gasteiger partial charge in [-0.25, -0.2) is 4.79 Å². The lowest BCUT2D eigenvalue weighted by molar-refractivity contribution is -0.134. The third-order valence-corrected chi connectivity index (χ3v) is 3.55. The second-order valence-electron chi connectivity index (χ2n) is 5.21. The minimum atomic E-state index is -0.650. The lowest BCUT2D eigenvalue weighted by atomic mass is 10.1. The summed E-state index contributed by atoms with van der Waals surface area (Å²) in [4.78, 5) is 23.7. The summed E-state index contributed by atoms with van der Waals surface area (Å²) in [6.45, 7) is 1.44. The predicted octanol–water partition coefficient (Wildman–Crippen LogP) is 2.73. The molecule has 0 bridgehead atoms. The van der Waals surface area contributed by atoms with Crippen LogP contribution in [0.2, 0.25) is 0 Å². The van der Waals surface area contributed by atoms with Crippen LogP contribution in [0.25, 0.3) is 0 Å². The molecule has 2 rings (SSSR count). The molecule has 0 aromatic heterocycles. The van der Waals surface area contributed by atoms with E-state index < -0.39 is 5.97 Å². The molecule has 0 atom stereocenters. The molecule has 2 aromatic carbocycles. The SMILES string of the molecule is CCC(=O)Oc1ccc(OC(=O)c2cc(OC)c(CO)cc2OC)cc1. The molecule has 2 aromatic rings. The van der Waals surface area contributed by atoms with Crippen LogP contribution in [0.5, 0.6) is 23.0 Å². The number of hydrogen-bond acceptors (Lipinski definition) is 7. The normalized spacial score (nSPS) is 10.2. The number of esters is 2. The molecule has 0 aliphatic rings. The highest BCUT2D eigenvalue weighted by molar-refractivity contribution is 5.94. The summed E-state index contributed by atoms with van der Waals surface area (Å²) < 4.78 is 20.8. The minimum Gasteiger partial charge on any atom is -0.496 e. The zero-order chi connectivity index (χ0) is 19.1. The van der Waals surface area contributed by atoms with Gasteiger partial charge in [0.1, 0.15) is 28.6 Å². The number of aliphatic hydroxyl groups is 1. The van der Waals surface area contributed by atoms with Crippen molar-refractivity contribution < 1.29 is 33.6 Å². The summed E-state index contributed by atoms with van der Waals surface area (Å²) >= 11 is 0. The van der Waals surface area contributed by atoms with E-state index in [4.69, 9.17) is 18.9 Å². The van der Waals surface area contributed by atoms with Crippen LogP contribution in [-0.4, -0.2) is 31.3 Å². The van der Waals surface area contributed by atoms with Crippen LogP contribution in [-0.2, 0) is 11.4 Å². The first-order valence-corrected chi connectivity index (χ1v) is 7.91. The third-order valence-electron chi connectivity index (χ3n) is 3.55. The highest BCUT2D eigenvalue weighted by atomic mass is 16.5. The quantitative estimate of drug-likeness (QED) is 0.599. The summed E-state index contributed by atoms with van der Waals surface area (Å²) in [5, 5.41) is 9.35. The van der Waals surface area contributed by atoms with E-state index >= 15 is 0 Å². The van der Waals surface area contributed by atoms with Gasteiger partial charge in [0.25, 0.3) is 0 Å². The number of ether oxygens (including phenoxy) is 4. The predicted molar refractivity (Wildman–Crippen MR) is 92.8 cm³/mol. The molecule has 0 amide bonds. The number of benzene rings is 2. The lowest BCUT2D eigenvalue weighted by Crippen LogP contribution is -2.11. The summed E-state index contributed by atoms with van der Waals surface area (Å²) in [7, 11) is 2.85. The van der Waals surface area contributed by atoms with Gasteiger partial charge >= 0.3 is 11.9 Å². The Balaban J connectivity index is 2.20. The van der Waals surface area contributed by atoms with E-state index in [0.717, 1.165) is 0 Å². The van der Waals surface area contributed by atoms with Crippen LogP contribution in [0, 0.1) is 0 Å². The van der Waals surface area contributed by atoms with E-state index in [2.05, 4.69) is 0 Å². The van der Waals surface area contributed by atoms with E-state index in [1.165, 1.54) is 50.6 Å². The van der Waals surface area contributed by atoms with E-state index in [-0.39, 0.29) is 36.1 Å². The van der Waals surface area contributed by atoms with Gasteiger partial charge in [-0.05, 0) is 36.4 Å². The smallest absolute Gasteiger partial charge is 0.347 e. The molecular weight excluding hydrogens is 340 g/mol. The van der Waals surface area contributed by atoms with E-state index in [9.17, 15) is 14.7 Å². The van der Waals surface area contributed by atoms with E-state index in [0.29, 0.717) is 17.1 Å². The summed E-state index contributed by atoms with van der Waals surface area (Å²) in [5.41, 5.74) is 0.644. The van der Waals surface area contributed by atoms with E-state index in [1.54, 1.807) is 6.92 Å². The first-order valence-electron chi connectivity index (χ1n) is 7.91. The Labute approximate surface area is 151 Å². The zero-order valence-electron chi connectivity index (χ0n) is 14.8. The molecule has 26 heavy (non-hydrogen) atoms. The molecular formula is C19H20O7. The van der Waals surface area contributed by atoms with Gasteiger partial charge < -0.3 is 24.1 Å². The Morgan fingerprint density at radius 3 is 2.00 bits per heavy atom. The molecule has 1 N–H and O–H groups in total. The topological polar surface area (TPSA) is 91.3 Å². The number of hydrogen-bond donors (Lipinski definition) is 1. The Morgan fingerprint density at radius 1 is 0.923 bits per heavy atom. The van der Waals surface area contributed by atoms with Crippen molar-refractivity contribution in [1.29, 1.82) is 0 Å². The summed E-state index contributed by atoms with van der Waals surface area (Å²) in [6, 6.07) is 9.06. The number of carbonyl (C=O) groups excluding carboxylic acids is 2. The van der Waals surface area contributed by atoms with Crippen molar-refractivity contribution in [2.75, 3.05) is 14.2 Å². The molecule has 0 spiro atoms. The highest BCUT2D eigenvalue weighted by Gasteiger charge is 2.19. The molecule has 0 aliphatic carbocycles. The number of methoxy groups -OCH3 is 2. The van der Waals surface area contributed by atoms with Crippen LogP contribution < -0.4 is 18.9 Å². The molecule has 0 aliphatic heterocycles. The van der Waals surface area contributed by atoms with Gasteiger partial charge in [-0.1, -0.05) is 6.92 Å². The van der Waals surface area contributed by atoms with Crippen molar-refractivity contribution in [2.45, 2.75) is 20.0 Å². The third kappa shape index (κ3) is 4.52. The van der Waals surface area contributed by atoms with Crippen LogP contribution in [0.1, 0.15) is 29.3 Å². The standard InChI is InChI=1S/C19H20O7/c1-4-18(21)25-13-5-7-14(8-6-13)26-19(22)15-10-16(23-2)12(11-20)9-17(15)24-3/h5-10,20H,4,11H2,1-3H3. The fraction of sp³-hybridized carbons (Fsp3) is 0.263. The van der Waals surface area contributed by atoms with Crippen molar-refractivity contribution in [3.05, 3.63) is 47.5 Å². The molecule has 0 saturated carbocycles. The van der Waals surface area contributed by atoms with Gasteiger partial charge in [0.05, 0.1) is 20.8 Å². The maximum atomic E-state index is 12.5. The second-order valence-corrected chi connectivity index (χ2v) is 5.21. The Kier molecular flexibility index (Phi) is 6.57. The maximum Gasteiger partial charge on any atom is 0.347 e. The van der Waals surface area contributed by atoms with E-state index in [1.807, 2.05) is 0 Å². The monoisotopic (exact) mass is 360 g/mol.